The Morgan fingerprint density at radius 1 is 1.41 bits per heavy atom. The van der Waals surface area contributed by atoms with E-state index in [9.17, 15) is 14.7 Å². The van der Waals surface area contributed by atoms with Gasteiger partial charge in [-0.15, -0.1) is 0 Å². The maximum Gasteiger partial charge on any atom is 0.308 e. The predicted molar refractivity (Wildman–Crippen MR) is 85.9 cm³/mol. The zero-order chi connectivity index (χ0) is 16.1. The average molecular weight is 370 g/mol. The molecule has 0 aromatic heterocycles. The van der Waals surface area contributed by atoms with Crippen molar-refractivity contribution in [2.24, 2.45) is 11.8 Å². The predicted octanol–water partition coefficient (Wildman–Crippen LogP) is 2.61. The molecule has 0 aliphatic carbocycles. The van der Waals surface area contributed by atoms with Crippen molar-refractivity contribution in [1.29, 1.82) is 0 Å². The maximum absolute atomic E-state index is 12.2. The molecule has 1 heterocycles. The Balaban J connectivity index is 1.97. The Morgan fingerprint density at radius 3 is 2.68 bits per heavy atom. The third-order valence-electron chi connectivity index (χ3n) is 4.05. The van der Waals surface area contributed by atoms with Gasteiger partial charge in [0.1, 0.15) is 0 Å². The largest absolute Gasteiger partial charge is 0.481 e. The van der Waals surface area contributed by atoms with Crippen LogP contribution < -0.4 is 5.32 Å². The number of carboxylic acids is 1. The monoisotopic (exact) mass is 369 g/mol. The Hall–Kier alpha value is -1.40. The standard InChI is InChI=1S/C16H20BrNO4/c1-10-8-12(2-3-14(10)17)15(19)18-9-13(16(20)21)11-4-6-22-7-5-11/h2-3,8,11,13H,4-7,9H2,1H3,(H,18,19)(H,20,21). The highest BCUT2D eigenvalue weighted by atomic mass is 79.9. The summed E-state index contributed by atoms with van der Waals surface area (Å²) in [5.74, 6) is -1.62. The Bertz CT molecular complexity index is 555. The third-order valence-corrected chi connectivity index (χ3v) is 4.94. The fourth-order valence-electron chi connectivity index (χ4n) is 2.66. The van der Waals surface area contributed by atoms with Crippen molar-refractivity contribution in [2.45, 2.75) is 19.8 Å². The molecule has 22 heavy (non-hydrogen) atoms. The molecule has 1 aromatic carbocycles. The van der Waals surface area contributed by atoms with Gasteiger partial charge in [0.25, 0.3) is 5.91 Å². The molecule has 0 saturated carbocycles. The summed E-state index contributed by atoms with van der Waals surface area (Å²) < 4.78 is 6.20. The molecule has 0 spiro atoms. The summed E-state index contributed by atoms with van der Waals surface area (Å²) in [6.45, 7) is 3.24. The van der Waals surface area contributed by atoms with Crippen molar-refractivity contribution >= 4 is 27.8 Å². The molecule has 6 heteroatoms. The minimum atomic E-state index is -0.862. The van der Waals surface area contributed by atoms with Crippen molar-refractivity contribution < 1.29 is 19.4 Å². The maximum atomic E-state index is 12.2. The number of halogens is 1. The number of aryl methyl sites for hydroxylation is 1. The lowest BCUT2D eigenvalue weighted by Crippen LogP contribution is -2.39. The van der Waals surface area contributed by atoms with Gasteiger partial charge < -0.3 is 15.2 Å². The number of carbonyl (C=O) groups is 2. The van der Waals surface area contributed by atoms with Crippen LogP contribution in [0, 0.1) is 18.8 Å². The van der Waals surface area contributed by atoms with E-state index in [1.807, 2.05) is 13.0 Å². The lowest BCUT2D eigenvalue weighted by Gasteiger charge is -2.27. The van der Waals surface area contributed by atoms with Gasteiger partial charge in [0, 0.05) is 29.8 Å². The van der Waals surface area contributed by atoms with Crippen LogP contribution in [-0.4, -0.2) is 36.7 Å². The van der Waals surface area contributed by atoms with Crippen LogP contribution in [0.5, 0.6) is 0 Å². The molecule has 1 unspecified atom stereocenters. The quantitative estimate of drug-likeness (QED) is 0.836. The summed E-state index contributed by atoms with van der Waals surface area (Å²) in [5.41, 5.74) is 1.50. The van der Waals surface area contributed by atoms with Gasteiger partial charge in [-0.25, -0.2) is 0 Å². The first kappa shape index (κ1) is 17.0. The first-order chi connectivity index (χ1) is 10.5. The molecule has 2 N–H and O–H groups in total. The number of carbonyl (C=O) groups excluding carboxylic acids is 1. The molecule has 1 aliphatic heterocycles. The zero-order valence-electron chi connectivity index (χ0n) is 12.5. The van der Waals surface area contributed by atoms with Gasteiger partial charge in [-0.05, 0) is 49.4 Å². The SMILES string of the molecule is Cc1cc(C(=O)NCC(C(=O)O)C2CCOCC2)ccc1Br. The Labute approximate surface area is 138 Å². The van der Waals surface area contributed by atoms with Crippen LogP contribution in [0.25, 0.3) is 0 Å². The number of nitrogens with one attached hydrogen (secondary N) is 1. The summed E-state index contributed by atoms with van der Waals surface area (Å²) in [5, 5.41) is 12.1. The van der Waals surface area contributed by atoms with E-state index in [4.69, 9.17) is 4.74 Å². The highest BCUT2D eigenvalue weighted by molar-refractivity contribution is 9.10. The molecule has 0 bridgehead atoms. The van der Waals surface area contributed by atoms with E-state index in [-0.39, 0.29) is 18.4 Å². The van der Waals surface area contributed by atoms with Gasteiger partial charge in [-0.3, -0.25) is 9.59 Å². The number of carboxylic acid groups (broad SMARTS) is 1. The first-order valence-electron chi connectivity index (χ1n) is 7.34. The highest BCUT2D eigenvalue weighted by Gasteiger charge is 2.30. The van der Waals surface area contributed by atoms with E-state index in [0.29, 0.717) is 18.8 Å². The number of rotatable bonds is 5. The zero-order valence-corrected chi connectivity index (χ0v) is 14.1. The van der Waals surface area contributed by atoms with Crippen molar-refractivity contribution in [1.82, 2.24) is 5.32 Å². The van der Waals surface area contributed by atoms with E-state index in [0.717, 1.165) is 22.9 Å². The number of hydrogen-bond acceptors (Lipinski definition) is 3. The van der Waals surface area contributed by atoms with Crippen LogP contribution in [0.4, 0.5) is 0 Å². The third kappa shape index (κ3) is 4.30. The van der Waals surface area contributed by atoms with Crippen molar-refractivity contribution in [3.8, 4) is 0 Å². The molecule has 1 aliphatic rings. The van der Waals surface area contributed by atoms with Gasteiger partial charge in [-0.1, -0.05) is 15.9 Å². The molecule has 2 rings (SSSR count). The van der Waals surface area contributed by atoms with Gasteiger partial charge in [0.15, 0.2) is 0 Å². The summed E-state index contributed by atoms with van der Waals surface area (Å²) in [7, 11) is 0. The molecule has 1 atom stereocenters. The lowest BCUT2D eigenvalue weighted by molar-refractivity contribution is -0.144. The molecule has 5 nitrogen and oxygen atoms in total. The average Bonchev–Trinajstić information content (AvgIpc) is 2.50. The summed E-state index contributed by atoms with van der Waals surface area (Å²) >= 11 is 3.39. The second-order valence-electron chi connectivity index (χ2n) is 5.57. The van der Waals surface area contributed by atoms with Crippen LogP contribution in [0.2, 0.25) is 0 Å². The van der Waals surface area contributed by atoms with Crippen LogP contribution in [0.15, 0.2) is 22.7 Å². The fraction of sp³-hybridized carbons (Fsp3) is 0.500. The number of amides is 1. The van der Waals surface area contributed by atoms with Gasteiger partial charge in [-0.2, -0.15) is 0 Å². The number of hydrogen-bond donors (Lipinski definition) is 2. The van der Waals surface area contributed by atoms with E-state index in [2.05, 4.69) is 21.2 Å². The Morgan fingerprint density at radius 2 is 2.09 bits per heavy atom. The van der Waals surface area contributed by atoms with Crippen LogP contribution in [0.1, 0.15) is 28.8 Å². The van der Waals surface area contributed by atoms with E-state index in [1.54, 1.807) is 12.1 Å². The summed E-state index contributed by atoms with van der Waals surface area (Å²) in [6.07, 6.45) is 1.45. The second-order valence-corrected chi connectivity index (χ2v) is 6.42. The second kappa shape index (κ2) is 7.74. The molecule has 1 aromatic rings. The lowest BCUT2D eigenvalue weighted by atomic mass is 9.86. The first-order valence-corrected chi connectivity index (χ1v) is 8.13. The van der Waals surface area contributed by atoms with Crippen LogP contribution in [0.3, 0.4) is 0 Å². The minimum Gasteiger partial charge on any atom is -0.481 e. The molecule has 120 valence electrons. The van der Waals surface area contributed by atoms with E-state index in [1.165, 1.54) is 0 Å². The molecule has 1 fully saturated rings. The van der Waals surface area contributed by atoms with Gasteiger partial charge >= 0.3 is 5.97 Å². The Kier molecular flexibility index (Phi) is 5.97. The number of ether oxygens (including phenoxy) is 1. The van der Waals surface area contributed by atoms with Crippen molar-refractivity contribution in [2.75, 3.05) is 19.8 Å². The molecule has 1 saturated heterocycles. The van der Waals surface area contributed by atoms with E-state index < -0.39 is 11.9 Å². The van der Waals surface area contributed by atoms with Crippen LogP contribution >= 0.6 is 15.9 Å². The van der Waals surface area contributed by atoms with Crippen LogP contribution in [-0.2, 0) is 9.53 Å². The molecule has 1 amide bonds. The van der Waals surface area contributed by atoms with Gasteiger partial charge in [0.05, 0.1) is 5.92 Å². The minimum absolute atomic E-state index is 0.0539. The smallest absolute Gasteiger partial charge is 0.308 e. The molecular weight excluding hydrogens is 350 g/mol. The normalized spacial score (nSPS) is 17.0. The topological polar surface area (TPSA) is 75.6 Å². The van der Waals surface area contributed by atoms with E-state index >= 15 is 0 Å². The number of benzene rings is 1. The highest BCUT2D eigenvalue weighted by Crippen LogP contribution is 2.24. The number of aliphatic carboxylic acids is 1. The van der Waals surface area contributed by atoms with Gasteiger partial charge in [0.2, 0.25) is 0 Å². The molecule has 0 radical (unpaired) electrons. The van der Waals surface area contributed by atoms with Crippen molar-refractivity contribution in [3.63, 3.8) is 0 Å². The molecular formula is C16H20BrNO4. The summed E-state index contributed by atoms with van der Waals surface area (Å²) in [4.78, 5) is 23.6. The fourth-order valence-corrected chi connectivity index (χ4v) is 2.91. The summed E-state index contributed by atoms with van der Waals surface area (Å²) in [6, 6.07) is 5.32. The van der Waals surface area contributed by atoms with Crippen molar-refractivity contribution in [3.05, 3.63) is 33.8 Å².